The first-order chi connectivity index (χ1) is 11.2. The molecule has 0 radical (unpaired) electrons. The van der Waals surface area contributed by atoms with Gasteiger partial charge in [-0.25, -0.2) is 4.79 Å². The maximum Gasteiger partial charge on any atom is 0.317 e. The summed E-state index contributed by atoms with van der Waals surface area (Å²) in [5, 5.41) is 3.08. The predicted molar refractivity (Wildman–Crippen MR) is 88.4 cm³/mol. The average molecular weight is 318 g/mol. The summed E-state index contributed by atoms with van der Waals surface area (Å²) in [7, 11) is 0. The maximum absolute atomic E-state index is 12.5. The van der Waals surface area contributed by atoms with E-state index in [2.05, 4.69) is 17.4 Å². The first kappa shape index (κ1) is 16.3. The molecule has 0 spiro atoms. The summed E-state index contributed by atoms with van der Waals surface area (Å²) in [6.45, 7) is 4.71. The molecule has 2 fully saturated rings. The van der Waals surface area contributed by atoms with Crippen LogP contribution in [0.15, 0.2) is 30.3 Å². The van der Waals surface area contributed by atoms with Crippen molar-refractivity contribution in [3.05, 3.63) is 35.9 Å². The second-order valence-corrected chi connectivity index (χ2v) is 6.42. The molecule has 1 aromatic carbocycles. The molecule has 2 aliphatic rings. The van der Waals surface area contributed by atoms with Crippen LogP contribution in [-0.2, 0) is 15.9 Å². The first-order valence-corrected chi connectivity index (χ1v) is 8.55. The summed E-state index contributed by atoms with van der Waals surface area (Å²) in [5.74, 6) is 0. The van der Waals surface area contributed by atoms with Gasteiger partial charge in [0.1, 0.15) is 0 Å². The molecule has 3 rings (SSSR count). The van der Waals surface area contributed by atoms with E-state index in [9.17, 15) is 4.79 Å². The number of carbonyl (C=O) groups is 1. The molecule has 5 nitrogen and oxygen atoms in total. The van der Waals surface area contributed by atoms with Gasteiger partial charge in [0.15, 0.2) is 0 Å². The van der Waals surface area contributed by atoms with E-state index in [-0.39, 0.29) is 24.3 Å². The van der Waals surface area contributed by atoms with Gasteiger partial charge in [0.05, 0.1) is 24.9 Å². The minimum Gasteiger partial charge on any atom is -0.376 e. The summed E-state index contributed by atoms with van der Waals surface area (Å²) in [6.07, 6.45) is 3.17. The fourth-order valence-electron chi connectivity index (χ4n) is 3.28. The number of nitrogens with one attached hydrogen (secondary N) is 1. The number of nitrogens with zero attached hydrogens (tertiary/aromatic N) is 1. The van der Waals surface area contributed by atoms with Crippen molar-refractivity contribution in [2.24, 2.45) is 0 Å². The Balaban J connectivity index is 1.50. The number of ether oxygens (including phenoxy) is 2. The number of morpholine rings is 1. The number of carbonyl (C=O) groups excluding carboxylic acids is 1. The van der Waals surface area contributed by atoms with Crippen LogP contribution in [0.25, 0.3) is 0 Å². The van der Waals surface area contributed by atoms with Gasteiger partial charge in [-0.05, 0) is 25.3 Å². The van der Waals surface area contributed by atoms with E-state index in [1.165, 1.54) is 5.56 Å². The van der Waals surface area contributed by atoms with Crippen LogP contribution >= 0.6 is 0 Å². The van der Waals surface area contributed by atoms with Crippen LogP contribution in [0.4, 0.5) is 4.79 Å². The standard InChI is InChI=1S/C18H26N2O3/c1-14(17-8-5-10-23-17)19-18(21)20-9-11-22-16(13-20)12-15-6-3-2-4-7-15/h2-4,6-7,14,16-17H,5,8-13H2,1H3,(H,19,21). The summed E-state index contributed by atoms with van der Waals surface area (Å²) in [5.41, 5.74) is 1.24. The number of benzene rings is 1. The lowest BCUT2D eigenvalue weighted by Gasteiger charge is -2.34. The molecule has 0 saturated carbocycles. The third kappa shape index (κ3) is 4.45. The zero-order valence-electron chi connectivity index (χ0n) is 13.7. The second-order valence-electron chi connectivity index (χ2n) is 6.42. The Morgan fingerprint density at radius 1 is 1.30 bits per heavy atom. The maximum atomic E-state index is 12.5. The number of rotatable bonds is 4. The molecule has 2 aliphatic heterocycles. The van der Waals surface area contributed by atoms with Gasteiger partial charge in [0.2, 0.25) is 0 Å². The highest BCUT2D eigenvalue weighted by molar-refractivity contribution is 5.74. The molecule has 3 atom stereocenters. The molecule has 2 heterocycles. The van der Waals surface area contributed by atoms with Crippen LogP contribution in [0, 0.1) is 0 Å². The Bertz CT molecular complexity index is 502. The fourth-order valence-corrected chi connectivity index (χ4v) is 3.28. The van der Waals surface area contributed by atoms with E-state index < -0.39 is 0 Å². The summed E-state index contributed by atoms with van der Waals surface area (Å²) in [4.78, 5) is 14.3. The number of hydrogen-bond acceptors (Lipinski definition) is 3. The van der Waals surface area contributed by atoms with Crippen molar-refractivity contribution < 1.29 is 14.3 Å². The molecule has 1 N–H and O–H groups in total. The third-order valence-electron chi connectivity index (χ3n) is 4.61. The highest BCUT2D eigenvalue weighted by atomic mass is 16.5. The van der Waals surface area contributed by atoms with Crippen LogP contribution in [0.5, 0.6) is 0 Å². The lowest BCUT2D eigenvalue weighted by atomic mass is 10.1. The van der Waals surface area contributed by atoms with Crippen LogP contribution in [-0.4, -0.2) is 55.5 Å². The lowest BCUT2D eigenvalue weighted by molar-refractivity contribution is -0.0145. The normalized spacial score (nSPS) is 26.0. The van der Waals surface area contributed by atoms with Crippen LogP contribution < -0.4 is 5.32 Å². The zero-order valence-corrected chi connectivity index (χ0v) is 13.7. The largest absolute Gasteiger partial charge is 0.376 e. The zero-order chi connectivity index (χ0) is 16.1. The van der Waals surface area contributed by atoms with E-state index in [1.54, 1.807) is 0 Å². The number of hydrogen-bond donors (Lipinski definition) is 1. The van der Waals surface area contributed by atoms with E-state index in [1.807, 2.05) is 30.0 Å². The Labute approximate surface area is 137 Å². The van der Waals surface area contributed by atoms with E-state index >= 15 is 0 Å². The van der Waals surface area contributed by atoms with Gasteiger partial charge in [-0.2, -0.15) is 0 Å². The molecule has 23 heavy (non-hydrogen) atoms. The first-order valence-electron chi connectivity index (χ1n) is 8.55. The Morgan fingerprint density at radius 3 is 2.87 bits per heavy atom. The summed E-state index contributed by atoms with van der Waals surface area (Å²) >= 11 is 0. The molecule has 2 amide bonds. The summed E-state index contributed by atoms with van der Waals surface area (Å²) in [6, 6.07) is 10.3. The molecule has 5 heteroatoms. The quantitative estimate of drug-likeness (QED) is 0.926. The molecule has 0 aromatic heterocycles. The van der Waals surface area contributed by atoms with E-state index in [0.717, 1.165) is 25.9 Å². The van der Waals surface area contributed by atoms with Gasteiger partial charge in [-0.1, -0.05) is 30.3 Å². The SMILES string of the molecule is CC(NC(=O)N1CCOC(Cc2ccccc2)C1)C1CCCO1. The minimum atomic E-state index is -0.00522. The van der Waals surface area contributed by atoms with Crippen LogP contribution in [0.3, 0.4) is 0 Å². The van der Waals surface area contributed by atoms with Crippen molar-refractivity contribution in [3.8, 4) is 0 Å². The Kier molecular flexibility index (Phi) is 5.51. The van der Waals surface area contributed by atoms with Gasteiger partial charge in [-0.3, -0.25) is 0 Å². The molecular formula is C18H26N2O3. The van der Waals surface area contributed by atoms with Gasteiger partial charge in [0.25, 0.3) is 0 Å². The summed E-state index contributed by atoms with van der Waals surface area (Å²) < 4.78 is 11.5. The van der Waals surface area contributed by atoms with Crippen molar-refractivity contribution in [2.45, 2.75) is 44.4 Å². The minimum absolute atomic E-state index is 0.00522. The Hall–Kier alpha value is -1.59. The molecule has 0 bridgehead atoms. The van der Waals surface area contributed by atoms with Gasteiger partial charge in [-0.15, -0.1) is 0 Å². The molecule has 1 aromatic rings. The predicted octanol–water partition coefficient (Wildman–Crippen LogP) is 2.21. The highest BCUT2D eigenvalue weighted by Gasteiger charge is 2.28. The highest BCUT2D eigenvalue weighted by Crippen LogP contribution is 2.16. The van der Waals surface area contributed by atoms with E-state index in [0.29, 0.717) is 19.7 Å². The number of urea groups is 1. The molecule has 0 aliphatic carbocycles. The third-order valence-corrected chi connectivity index (χ3v) is 4.61. The van der Waals surface area contributed by atoms with Crippen LogP contribution in [0.1, 0.15) is 25.3 Å². The van der Waals surface area contributed by atoms with Crippen molar-refractivity contribution in [1.82, 2.24) is 10.2 Å². The lowest BCUT2D eigenvalue weighted by Crippen LogP contribution is -2.53. The van der Waals surface area contributed by atoms with Crippen molar-refractivity contribution in [1.29, 1.82) is 0 Å². The molecule has 126 valence electrons. The molecule has 2 saturated heterocycles. The van der Waals surface area contributed by atoms with Crippen molar-refractivity contribution in [3.63, 3.8) is 0 Å². The van der Waals surface area contributed by atoms with Gasteiger partial charge < -0.3 is 19.7 Å². The smallest absolute Gasteiger partial charge is 0.317 e. The average Bonchev–Trinajstić information content (AvgIpc) is 3.10. The molecular weight excluding hydrogens is 292 g/mol. The van der Waals surface area contributed by atoms with Gasteiger partial charge in [0, 0.05) is 26.1 Å². The van der Waals surface area contributed by atoms with Gasteiger partial charge >= 0.3 is 6.03 Å². The Morgan fingerprint density at radius 2 is 2.13 bits per heavy atom. The van der Waals surface area contributed by atoms with Crippen LogP contribution in [0.2, 0.25) is 0 Å². The topological polar surface area (TPSA) is 50.8 Å². The molecule has 3 unspecified atom stereocenters. The fraction of sp³-hybridized carbons (Fsp3) is 0.611. The van der Waals surface area contributed by atoms with E-state index in [4.69, 9.17) is 9.47 Å². The van der Waals surface area contributed by atoms with Crippen molar-refractivity contribution in [2.75, 3.05) is 26.3 Å². The van der Waals surface area contributed by atoms with Crippen molar-refractivity contribution >= 4 is 6.03 Å². The second kappa shape index (κ2) is 7.79. The monoisotopic (exact) mass is 318 g/mol. The number of amides is 2.